The van der Waals surface area contributed by atoms with Crippen molar-refractivity contribution >= 4 is 5.91 Å². The van der Waals surface area contributed by atoms with Crippen LogP contribution >= 0.6 is 0 Å². The summed E-state index contributed by atoms with van der Waals surface area (Å²) in [6.45, 7) is 8.20. The Hall–Kier alpha value is -1.79. The van der Waals surface area contributed by atoms with Crippen molar-refractivity contribution in [3.05, 3.63) is 23.8 Å². The highest BCUT2D eigenvalue weighted by molar-refractivity contribution is 5.79. The van der Waals surface area contributed by atoms with Gasteiger partial charge < -0.3 is 20.3 Å². The topological polar surface area (TPSA) is 82.0 Å². The minimum Gasteiger partial charge on any atom is -0.504 e. The average Bonchev–Trinajstić information content (AvgIpc) is 2.59. The predicted octanol–water partition coefficient (Wildman–Crippen LogP) is 1.89. The largest absolute Gasteiger partial charge is 0.504 e. The number of nitrogens with one attached hydrogen (secondary N) is 1. The number of phenols is 1. The van der Waals surface area contributed by atoms with Gasteiger partial charge in [0, 0.05) is 18.0 Å². The summed E-state index contributed by atoms with van der Waals surface area (Å²) in [7, 11) is 0. The third-order valence-corrected chi connectivity index (χ3v) is 4.59. The monoisotopic (exact) mass is 350 g/mol. The highest BCUT2D eigenvalue weighted by Gasteiger charge is 2.29. The first-order chi connectivity index (χ1) is 11.9. The zero-order chi connectivity index (χ0) is 18.4. The zero-order valence-corrected chi connectivity index (χ0v) is 15.4. The summed E-state index contributed by atoms with van der Waals surface area (Å²) in [6.07, 6.45) is 1.55. The van der Waals surface area contributed by atoms with Crippen molar-refractivity contribution < 1.29 is 19.7 Å². The van der Waals surface area contributed by atoms with Crippen LogP contribution in [0.15, 0.2) is 18.2 Å². The minimum absolute atomic E-state index is 0.0138. The molecule has 0 saturated carbocycles. The molecule has 0 radical (unpaired) electrons. The summed E-state index contributed by atoms with van der Waals surface area (Å²) < 4.78 is 5.43. The van der Waals surface area contributed by atoms with E-state index in [9.17, 15) is 15.0 Å². The van der Waals surface area contributed by atoms with E-state index in [2.05, 4.69) is 10.2 Å². The number of benzene rings is 1. The second kappa shape index (κ2) is 8.54. The lowest BCUT2D eigenvalue weighted by molar-refractivity contribution is -0.128. The number of para-hydroxylation sites is 1. The van der Waals surface area contributed by atoms with Crippen LogP contribution in [0.4, 0.5) is 0 Å². The van der Waals surface area contributed by atoms with E-state index < -0.39 is 5.54 Å². The molecule has 1 heterocycles. The number of amides is 1. The molecule has 0 bridgehead atoms. The molecule has 1 aliphatic heterocycles. The highest BCUT2D eigenvalue weighted by Crippen LogP contribution is 2.31. The quantitative estimate of drug-likeness (QED) is 0.700. The molecule has 6 nitrogen and oxygen atoms in total. The fourth-order valence-corrected chi connectivity index (χ4v) is 3.04. The highest BCUT2D eigenvalue weighted by atomic mass is 16.5. The van der Waals surface area contributed by atoms with Crippen LogP contribution < -0.4 is 10.1 Å². The number of ether oxygens (including phenoxy) is 1. The molecule has 0 atom stereocenters. The van der Waals surface area contributed by atoms with Crippen molar-refractivity contribution in [1.82, 2.24) is 10.2 Å². The maximum absolute atomic E-state index is 12.3. The lowest BCUT2D eigenvalue weighted by atomic mass is 9.94. The van der Waals surface area contributed by atoms with Gasteiger partial charge in [-0.05, 0) is 52.8 Å². The number of hydrogen-bond acceptors (Lipinski definition) is 5. The van der Waals surface area contributed by atoms with Gasteiger partial charge in [0.15, 0.2) is 11.5 Å². The number of piperidine rings is 1. The molecule has 6 heteroatoms. The molecule has 140 valence electrons. The van der Waals surface area contributed by atoms with E-state index in [-0.39, 0.29) is 24.2 Å². The molecular formula is C19H30N2O4. The maximum Gasteiger partial charge on any atom is 0.223 e. The molecular weight excluding hydrogens is 320 g/mol. The van der Waals surface area contributed by atoms with Crippen molar-refractivity contribution in [2.45, 2.75) is 45.7 Å². The number of hydrogen-bond donors (Lipinski definition) is 3. The molecule has 1 saturated heterocycles. The molecule has 0 aromatic heterocycles. The number of aliphatic hydroxyl groups excluding tert-OH is 1. The van der Waals surface area contributed by atoms with Gasteiger partial charge in [0.1, 0.15) is 0 Å². The van der Waals surface area contributed by atoms with Crippen molar-refractivity contribution in [2.24, 2.45) is 5.92 Å². The first kappa shape index (κ1) is 19.5. The molecule has 0 spiro atoms. The average molecular weight is 350 g/mol. The maximum atomic E-state index is 12.3. The Kier molecular flexibility index (Phi) is 6.67. The van der Waals surface area contributed by atoms with E-state index in [0.29, 0.717) is 18.9 Å². The molecule has 1 aromatic rings. The van der Waals surface area contributed by atoms with Crippen LogP contribution in [-0.2, 0) is 11.3 Å². The van der Waals surface area contributed by atoms with Gasteiger partial charge >= 0.3 is 0 Å². The van der Waals surface area contributed by atoms with E-state index >= 15 is 0 Å². The summed E-state index contributed by atoms with van der Waals surface area (Å²) in [5.41, 5.74) is 0.259. The summed E-state index contributed by atoms with van der Waals surface area (Å²) in [5, 5.41) is 22.5. The molecule has 25 heavy (non-hydrogen) atoms. The lowest BCUT2D eigenvalue weighted by Gasteiger charge is -2.33. The van der Waals surface area contributed by atoms with E-state index in [1.54, 1.807) is 6.07 Å². The number of aliphatic hydroxyl groups is 1. The van der Waals surface area contributed by atoms with Gasteiger partial charge in [-0.1, -0.05) is 12.1 Å². The Labute approximate surface area is 149 Å². The Morgan fingerprint density at radius 1 is 1.36 bits per heavy atom. The standard InChI is InChI=1S/C19H30N2O4/c1-4-25-16-7-5-6-15(17(16)23)12-21-10-8-14(9-11-21)18(24)20-19(2,3)13-22/h5-7,14,22-23H,4,8-13H2,1-3H3,(H,20,24). The van der Waals surface area contributed by atoms with E-state index in [4.69, 9.17) is 4.74 Å². The Morgan fingerprint density at radius 2 is 2.04 bits per heavy atom. The van der Waals surface area contributed by atoms with E-state index in [0.717, 1.165) is 31.5 Å². The number of aromatic hydroxyl groups is 1. The third-order valence-electron chi connectivity index (χ3n) is 4.59. The van der Waals surface area contributed by atoms with Crippen molar-refractivity contribution in [2.75, 3.05) is 26.3 Å². The van der Waals surface area contributed by atoms with Gasteiger partial charge in [-0.3, -0.25) is 9.69 Å². The summed E-state index contributed by atoms with van der Waals surface area (Å²) in [5.74, 6) is 0.708. The van der Waals surface area contributed by atoms with Crippen LogP contribution in [0.5, 0.6) is 11.5 Å². The van der Waals surface area contributed by atoms with Crippen LogP contribution in [0.25, 0.3) is 0 Å². The zero-order valence-electron chi connectivity index (χ0n) is 15.4. The molecule has 1 fully saturated rings. The van der Waals surface area contributed by atoms with Crippen molar-refractivity contribution in [3.63, 3.8) is 0 Å². The van der Waals surface area contributed by atoms with E-state index in [1.807, 2.05) is 32.9 Å². The van der Waals surface area contributed by atoms with Crippen LogP contribution in [0, 0.1) is 5.92 Å². The van der Waals surface area contributed by atoms with Gasteiger partial charge in [0.05, 0.1) is 18.8 Å². The number of rotatable bonds is 7. The second-order valence-electron chi connectivity index (χ2n) is 7.28. The third kappa shape index (κ3) is 5.34. The van der Waals surface area contributed by atoms with E-state index in [1.165, 1.54) is 0 Å². The normalized spacial score (nSPS) is 16.6. The molecule has 1 aliphatic rings. The summed E-state index contributed by atoms with van der Waals surface area (Å²) in [6, 6.07) is 5.56. The molecule has 3 N–H and O–H groups in total. The molecule has 2 rings (SSSR count). The minimum atomic E-state index is -0.584. The number of likely N-dealkylation sites (tertiary alicyclic amines) is 1. The van der Waals surface area contributed by atoms with Gasteiger partial charge in [-0.25, -0.2) is 0 Å². The molecule has 1 aromatic carbocycles. The molecule has 1 amide bonds. The number of carbonyl (C=O) groups is 1. The number of phenolic OH excluding ortho intramolecular Hbond substituents is 1. The fraction of sp³-hybridized carbons (Fsp3) is 0.632. The lowest BCUT2D eigenvalue weighted by Crippen LogP contribution is -2.50. The number of nitrogens with zero attached hydrogens (tertiary/aromatic N) is 1. The van der Waals surface area contributed by atoms with Crippen LogP contribution in [0.2, 0.25) is 0 Å². The molecule has 0 unspecified atom stereocenters. The Bertz CT molecular complexity index is 581. The van der Waals surface area contributed by atoms with Gasteiger partial charge in [-0.2, -0.15) is 0 Å². The van der Waals surface area contributed by atoms with Gasteiger partial charge in [-0.15, -0.1) is 0 Å². The SMILES string of the molecule is CCOc1cccc(CN2CCC(C(=O)NC(C)(C)CO)CC2)c1O. The first-order valence-electron chi connectivity index (χ1n) is 8.95. The van der Waals surface area contributed by atoms with Crippen molar-refractivity contribution in [1.29, 1.82) is 0 Å². The van der Waals surface area contributed by atoms with Crippen LogP contribution in [-0.4, -0.2) is 52.9 Å². The first-order valence-corrected chi connectivity index (χ1v) is 8.95. The Morgan fingerprint density at radius 3 is 2.64 bits per heavy atom. The summed E-state index contributed by atoms with van der Waals surface area (Å²) >= 11 is 0. The van der Waals surface area contributed by atoms with Crippen molar-refractivity contribution in [3.8, 4) is 11.5 Å². The van der Waals surface area contributed by atoms with Gasteiger partial charge in [0.25, 0.3) is 0 Å². The van der Waals surface area contributed by atoms with Gasteiger partial charge in [0.2, 0.25) is 5.91 Å². The predicted molar refractivity (Wildman–Crippen MR) is 96.6 cm³/mol. The Balaban J connectivity index is 1.89. The summed E-state index contributed by atoms with van der Waals surface area (Å²) in [4.78, 5) is 14.6. The second-order valence-corrected chi connectivity index (χ2v) is 7.28. The fourth-order valence-electron chi connectivity index (χ4n) is 3.04. The smallest absolute Gasteiger partial charge is 0.223 e. The van der Waals surface area contributed by atoms with Crippen LogP contribution in [0.1, 0.15) is 39.2 Å². The number of carbonyl (C=O) groups excluding carboxylic acids is 1. The van der Waals surface area contributed by atoms with Crippen LogP contribution in [0.3, 0.4) is 0 Å². The molecule has 0 aliphatic carbocycles.